The molecule has 2 N–H and O–H groups in total. The number of amides is 1. The second-order valence-corrected chi connectivity index (χ2v) is 5.21. The molecule has 2 atom stereocenters. The number of carbonyl (C=O) groups excluding carboxylic acids is 1. The molecule has 7 heteroatoms. The SMILES string of the molecule is C[C@@H]1CC[C@H](C(=O)Nc2cccc(Cc3nn[nH]n3)c2)O1. The standard InChI is InChI=1S/C14H17N5O2/c1-9-5-6-12(21-9)14(20)15-11-4-2-3-10(7-11)8-13-16-18-19-17-13/h2-4,7,9,12H,5-6,8H2,1H3,(H,15,20)(H,16,17,18,19)/t9-,12-/m1/s1. The highest BCUT2D eigenvalue weighted by atomic mass is 16.5. The summed E-state index contributed by atoms with van der Waals surface area (Å²) in [4.78, 5) is 12.1. The van der Waals surface area contributed by atoms with Gasteiger partial charge in [0.2, 0.25) is 0 Å². The molecule has 1 fully saturated rings. The fraction of sp³-hybridized carbons (Fsp3) is 0.429. The van der Waals surface area contributed by atoms with Crippen LogP contribution in [0.2, 0.25) is 0 Å². The third kappa shape index (κ3) is 3.43. The van der Waals surface area contributed by atoms with E-state index in [0.29, 0.717) is 12.2 Å². The lowest BCUT2D eigenvalue weighted by Gasteiger charge is -2.12. The highest BCUT2D eigenvalue weighted by molar-refractivity contribution is 5.94. The van der Waals surface area contributed by atoms with Crippen LogP contribution in [0.3, 0.4) is 0 Å². The number of anilines is 1. The minimum atomic E-state index is -0.346. The van der Waals surface area contributed by atoms with Crippen molar-refractivity contribution in [2.75, 3.05) is 5.32 Å². The Bertz CT molecular complexity index is 614. The summed E-state index contributed by atoms with van der Waals surface area (Å²) in [5, 5.41) is 16.7. The number of aromatic nitrogens is 4. The fourth-order valence-electron chi connectivity index (χ4n) is 2.42. The average Bonchev–Trinajstić information content (AvgIpc) is 3.11. The summed E-state index contributed by atoms with van der Waals surface area (Å²) in [5.41, 5.74) is 1.76. The molecule has 1 aliphatic heterocycles. The number of rotatable bonds is 4. The molecule has 0 saturated carbocycles. The number of nitrogens with one attached hydrogen (secondary N) is 2. The molecule has 7 nitrogen and oxygen atoms in total. The molecule has 0 unspecified atom stereocenters. The van der Waals surface area contributed by atoms with Crippen LogP contribution in [0.25, 0.3) is 0 Å². The van der Waals surface area contributed by atoms with Crippen LogP contribution < -0.4 is 5.32 Å². The zero-order chi connectivity index (χ0) is 14.7. The lowest BCUT2D eigenvalue weighted by atomic mass is 10.1. The minimum absolute atomic E-state index is 0.0870. The quantitative estimate of drug-likeness (QED) is 0.884. The van der Waals surface area contributed by atoms with Crippen LogP contribution in [0, 0.1) is 0 Å². The summed E-state index contributed by atoms with van der Waals surface area (Å²) in [7, 11) is 0. The molecule has 0 radical (unpaired) electrons. The van der Waals surface area contributed by atoms with E-state index in [9.17, 15) is 4.79 Å². The molecule has 2 heterocycles. The van der Waals surface area contributed by atoms with Crippen LogP contribution in [0.1, 0.15) is 31.2 Å². The summed E-state index contributed by atoms with van der Waals surface area (Å²) in [6, 6.07) is 7.62. The van der Waals surface area contributed by atoms with E-state index in [1.807, 2.05) is 31.2 Å². The van der Waals surface area contributed by atoms with E-state index in [1.54, 1.807) is 0 Å². The summed E-state index contributed by atoms with van der Waals surface area (Å²) >= 11 is 0. The first-order chi connectivity index (χ1) is 10.2. The maximum atomic E-state index is 12.1. The first kappa shape index (κ1) is 13.7. The predicted molar refractivity (Wildman–Crippen MR) is 75.6 cm³/mol. The Kier molecular flexibility index (Phi) is 3.92. The Hall–Kier alpha value is -2.28. The van der Waals surface area contributed by atoms with Crippen molar-refractivity contribution in [2.24, 2.45) is 0 Å². The molecule has 3 rings (SSSR count). The summed E-state index contributed by atoms with van der Waals surface area (Å²) in [6.07, 6.45) is 2.08. The van der Waals surface area contributed by atoms with Crippen molar-refractivity contribution in [3.05, 3.63) is 35.7 Å². The van der Waals surface area contributed by atoms with Gasteiger partial charge < -0.3 is 10.1 Å². The number of H-pyrrole nitrogens is 1. The smallest absolute Gasteiger partial charge is 0.253 e. The Labute approximate surface area is 122 Å². The number of tetrazole rings is 1. The van der Waals surface area contributed by atoms with Crippen LogP contribution in [-0.4, -0.2) is 38.7 Å². The number of hydrogen-bond donors (Lipinski definition) is 2. The monoisotopic (exact) mass is 287 g/mol. The topological polar surface area (TPSA) is 92.8 Å². The normalized spacial score (nSPS) is 21.4. The number of nitrogens with zero attached hydrogens (tertiary/aromatic N) is 3. The Morgan fingerprint density at radius 3 is 3.10 bits per heavy atom. The minimum Gasteiger partial charge on any atom is -0.365 e. The highest BCUT2D eigenvalue weighted by Crippen LogP contribution is 2.21. The second-order valence-electron chi connectivity index (χ2n) is 5.21. The molecule has 110 valence electrons. The number of aromatic amines is 1. The van der Waals surface area contributed by atoms with Crippen LogP contribution in [0.15, 0.2) is 24.3 Å². The molecule has 0 spiro atoms. The van der Waals surface area contributed by atoms with E-state index >= 15 is 0 Å². The molecule has 1 amide bonds. The zero-order valence-corrected chi connectivity index (χ0v) is 11.7. The van der Waals surface area contributed by atoms with Gasteiger partial charge in [-0.15, -0.1) is 10.2 Å². The van der Waals surface area contributed by atoms with Gasteiger partial charge in [0.05, 0.1) is 6.10 Å². The van der Waals surface area contributed by atoms with Crippen molar-refractivity contribution in [3.63, 3.8) is 0 Å². The van der Waals surface area contributed by atoms with Crippen molar-refractivity contribution in [2.45, 2.75) is 38.4 Å². The largest absolute Gasteiger partial charge is 0.365 e. The van der Waals surface area contributed by atoms with Crippen molar-refractivity contribution in [1.82, 2.24) is 20.6 Å². The fourth-order valence-corrected chi connectivity index (χ4v) is 2.42. The molecular weight excluding hydrogens is 270 g/mol. The van der Waals surface area contributed by atoms with Crippen molar-refractivity contribution in [3.8, 4) is 0 Å². The number of hydrogen-bond acceptors (Lipinski definition) is 5. The number of benzene rings is 1. The van der Waals surface area contributed by atoms with E-state index in [0.717, 1.165) is 24.1 Å². The van der Waals surface area contributed by atoms with E-state index in [-0.39, 0.29) is 18.1 Å². The van der Waals surface area contributed by atoms with Gasteiger partial charge in [-0.2, -0.15) is 5.21 Å². The molecule has 1 aromatic carbocycles. The molecule has 0 bridgehead atoms. The van der Waals surface area contributed by atoms with Gasteiger partial charge in [-0.25, -0.2) is 0 Å². The number of carbonyl (C=O) groups is 1. The van der Waals surface area contributed by atoms with Gasteiger partial charge in [0.15, 0.2) is 5.82 Å². The highest BCUT2D eigenvalue weighted by Gasteiger charge is 2.28. The van der Waals surface area contributed by atoms with Crippen LogP contribution >= 0.6 is 0 Å². The van der Waals surface area contributed by atoms with Crippen molar-refractivity contribution >= 4 is 11.6 Å². The summed E-state index contributed by atoms with van der Waals surface area (Å²) in [5.74, 6) is 0.530. The molecule has 1 saturated heterocycles. The van der Waals surface area contributed by atoms with Crippen LogP contribution in [-0.2, 0) is 16.0 Å². The van der Waals surface area contributed by atoms with Crippen LogP contribution in [0.5, 0.6) is 0 Å². The van der Waals surface area contributed by atoms with Gasteiger partial charge in [-0.05, 0) is 37.5 Å². The molecule has 0 aliphatic carbocycles. The number of ether oxygens (including phenoxy) is 1. The predicted octanol–water partition coefficient (Wildman–Crippen LogP) is 1.30. The molecule has 21 heavy (non-hydrogen) atoms. The molecule has 1 aliphatic rings. The first-order valence-electron chi connectivity index (χ1n) is 6.98. The maximum Gasteiger partial charge on any atom is 0.253 e. The van der Waals surface area contributed by atoms with Gasteiger partial charge in [0.25, 0.3) is 5.91 Å². The second kappa shape index (κ2) is 6.01. The van der Waals surface area contributed by atoms with Gasteiger partial charge in [0.1, 0.15) is 6.10 Å². The van der Waals surface area contributed by atoms with Gasteiger partial charge in [-0.1, -0.05) is 17.3 Å². The lowest BCUT2D eigenvalue weighted by Crippen LogP contribution is -2.27. The van der Waals surface area contributed by atoms with Gasteiger partial charge in [0, 0.05) is 12.1 Å². The Morgan fingerprint density at radius 1 is 1.48 bits per heavy atom. The van der Waals surface area contributed by atoms with E-state index in [4.69, 9.17) is 4.74 Å². The Balaban J connectivity index is 1.64. The molecule has 1 aromatic heterocycles. The maximum absolute atomic E-state index is 12.1. The van der Waals surface area contributed by atoms with E-state index in [2.05, 4.69) is 25.9 Å². The Morgan fingerprint density at radius 2 is 2.38 bits per heavy atom. The van der Waals surface area contributed by atoms with E-state index in [1.165, 1.54) is 0 Å². The van der Waals surface area contributed by atoms with Gasteiger partial charge in [-0.3, -0.25) is 4.79 Å². The van der Waals surface area contributed by atoms with Crippen molar-refractivity contribution in [1.29, 1.82) is 0 Å². The van der Waals surface area contributed by atoms with Crippen LogP contribution in [0.4, 0.5) is 5.69 Å². The van der Waals surface area contributed by atoms with Crippen molar-refractivity contribution < 1.29 is 9.53 Å². The lowest BCUT2D eigenvalue weighted by molar-refractivity contribution is -0.126. The summed E-state index contributed by atoms with van der Waals surface area (Å²) < 4.78 is 5.57. The molecule has 2 aromatic rings. The average molecular weight is 287 g/mol. The third-order valence-electron chi connectivity index (χ3n) is 3.47. The zero-order valence-electron chi connectivity index (χ0n) is 11.7. The van der Waals surface area contributed by atoms with E-state index < -0.39 is 0 Å². The van der Waals surface area contributed by atoms with Gasteiger partial charge >= 0.3 is 0 Å². The summed E-state index contributed by atoms with van der Waals surface area (Å²) in [6.45, 7) is 1.98. The first-order valence-corrected chi connectivity index (χ1v) is 6.98. The molecular formula is C14H17N5O2. The third-order valence-corrected chi connectivity index (χ3v) is 3.47.